The largest absolute Gasteiger partial charge is 0.504 e. The van der Waals surface area contributed by atoms with Crippen molar-refractivity contribution in [1.82, 2.24) is 9.97 Å². The Kier molecular flexibility index (Phi) is 5.28. The molecule has 0 N–H and O–H groups in total. The summed E-state index contributed by atoms with van der Waals surface area (Å²) in [6.45, 7) is 0. The maximum Gasteiger partial charge on any atom is 0.504 e. The van der Waals surface area contributed by atoms with Gasteiger partial charge in [-0.05, 0) is 0 Å². The molecular formula is C18H6Cl2F4N2O4S. The summed E-state index contributed by atoms with van der Waals surface area (Å²) in [4.78, 5) is 7.22. The van der Waals surface area contributed by atoms with Crippen molar-refractivity contribution in [3.8, 4) is 11.8 Å². The van der Waals surface area contributed by atoms with E-state index in [0.717, 1.165) is 24.5 Å². The van der Waals surface area contributed by atoms with Gasteiger partial charge in [0.2, 0.25) is 11.8 Å². The minimum absolute atomic E-state index is 0.174. The van der Waals surface area contributed by atoms with Crippen LogP contribution in [0.3, 0.4) is 0 Å². The molecule has 0 radical (unpaired) electrons. The Hall–Kier alpha value is -2.89. The molecule has 0 fully saturated rings. The second kappa shape index (κ2) is 7.66. The van der Waals surface area contributed by atoms with Crippen molar-refractivity contribution < 1.29 is 34.3 Å². The number of fused-ring (bicyclic) bond motifs is 2. The molecule has 0 aliphatic rings. The quantitative estimate of drug-likeness (QED) is 0.282. The molecule has 4 aromatic rings. The number of pyridine rings is 2. The van der Waals surface area contributed by atoms with Crippen LogP contribution in [-0.4, -0.2) is 18.4 Å². The van der Waals surface area contributed by atoms with Gasteiger partial charge >= 0.3 is 10.4 Å². The Balaban J connectivity index is 1.67. The second-order valence-corrected chi connectivity index (χ2v) is 7.93. The van der Waals surface area contributed by atoms with Crippen LogP contribution in [0.15, 0.2) is 36.7 Å². The fourth-order valence-electron chi connectivity index (χ4n) is 2.70. The zero-order valence-electron chi connectivity index (χ0n) is 14.7. The summed E-state index contributed by atoms with van der Waals surface area (Å²) in [7, 11) is -4.88. The fourth-order valence-corrected chi connectivity index (χ4v) is 3.75. The van der Waals surface area contributed by atoms with Crippen molar-refractivity contribution in [1.29, 1.82) is 0 Å². The summed E-state index contributed by atoms with van der Waals surface area (Å²) in [6, 6.07) is 2.88. The van der Waals surface area contributed by atoms with Crippen molar-refractivity contribution in [2.45, 2.75) is 0 Å². The van der Waals surface area contributed by atoms with Gasteiger partial charge < -0.3 is 8.37 Å². The van der Waals surface area contributed by atoms with Crippen molar-refractivity contribution in [2.24, 2.45) is 0 Å². The van der Waals surface area contributed by atoms with Crippen LogP contribution in [0.4, 0.5) is 17.6 Å². The van der Waals surface area contributed by atoms with Crippen molar-refractivity contribution in [3.63, 3.8) is 0 Å². The first-order valence-electron chi connectivity index (χ1n) is 8.06. The maximum absolute atomic E-state index is 13.8. The van der Waals surface area contributed by atoms with Gasteiger partial charge in [0.15, 0.2) is 0 Å². The Morgan fingerprint density at radius 2 is 1.03 bits per heavy atom. The van der Waals surface area contributed by atoms with E-state index < -0.39 is 55.5 Å². The lowest BCUT2D eigenvalue weighted by atomic mass is 10.1. The highest BCUT2D eigenvalue weighted by Gasteiger charge is 2.21. The van der Waals surface area contributed by atoms with E-state index in [1.165, 1.54) is 0 Å². The predicted molar refractivity (Wildman–Crippen MR) is 104 cm³/mol. The highest BCUT2D eigenvalue weighted by molar-refractivity contribution is 7.82. The van der Waals surface area contributed by atoms with Gasteiger partial charge in [-0.15, -0.1) is 8.42 Å². The monoisotopic (exact) mass is 492 g/mol. The SMILES string of the molecule is O=S(=O)(Oc1cc2c(Cl)c(F)cc(F)c2cn1)Oc1cc2c(Cl)c(F)cc(F)c2cn1. The van der Waals surface area contributed by atoms with Crippen LogP contribution in [0, 0.1) is 23.3 Å². The molecule has 2 aromatic heterocycles. The van der Waals surface area contributed by atoms with Crippen LogP contribution >= 0.6 is 23.2 Å². The zero-order valence-corrected chi connectivity index (χ0v) is 17.0. The molecule has 0 unspecified atom stereocenters. The first-order chi connectivity index (χ1) is 14.6. The lowest BCUT2D eigenvalue weighted by molar-refractivity contribution is 0.382. The molecule has 0 amide bonds. The average Bonchev–Trinajstić information content (AvgIpc) is 2.69. The molecule has 160 valence electrons. The van der Waals surface area contributed by atoms with E-state index in [1.807, 2.05) is 0 Å². The summed E-state index contributed by atoms with van der Waals surface area (Å²) in [6.07, 6.45) is 1.78. The molecular weight excluding hydrogens is 487 g/mol. The Bertz CT molecular complexity index is 1380. The van der Waals surface area contributed by atoms with E-state index in [0.29, 0.717) is 12.1 Å². The summed E-state index contributed by atoms with van der Waals surface area (Å²) in [5.74, 6) is -5.30. The van der Waals surface area contributed by atoms with Gasteiger partial charge in [0.1, 0.15) is 23.3 Å². The summed E-state index contributed by atoms with van der Waals surface area (Å²) < 4.78 is 88.6. The van der Waals surface area contributed by atoms with Crippen LogP contribution in [0.1, 0.15) is 0 Å². The molecule has 2 aromatic carbocycles. The van der Waals surface area contributed by atoms with E-state index in [4.69, 9.17) is 23.2 Å². The average molecular weight is 493 g/mol. The van der Waals surface area contributed by atoms with Crippen LogP contribution in [0.2, 0.25) is 10.0 Å². The number of hydrogen-bond donors (Lipinski definition) is 0. The number of rotatable bonds is 4. The maximum atomic E-state index is 13.8. The predicted octanol–water partition coefficient (Wildman–Crippen LogP) is 5.35. The number of nitrogens with zero attached hydrogens (tertiary/aromatic N) is 2. The van der Waals surface area contributed by atoms with Gasteiger partial charge in [-0.2, -0.15) is 0 Å². The van der Waals surface area contributed by atoms with Crippen molar-refractivity contribution in [2.75, 3.05) is 0 Å². The van der Waals surface area contributed by atoms with Gasteiger partial charge in [0.25, 0.3) is 0 Å². The van der Waals surface area contributed by atoms with Crippen molar-refractivity contribution in [3.05, 3.63) is 70.0 Å². The van der Waals surface area contributed by atoms with E-state index in [-0.39, 0.29) is 21.5 Å². The van der Waals surface area contributed by atoms with E-state index in [9.17, 15) is 26.0 Å². The lowest BCUT2D eigenvalue weighted by Crippen LogP contribution is -2.17. The molecule has 4 rings (SSSR count). The number of hydrogen-bond acceptors (Lipinski definition) is 6. The Morgan fingerprint density at radius 3 is 1.42 bits per heavy atom. The van der Waals surface area contributed by atoms with Gasteiger partial charge in [0, 0.05) is 58.2 Å². The third kappa shape index (κ3) is 4.03. The van der Waals surface area contributed by atoms with Gasteiger partial charge in [-0.25, -0.2) is 27.5 Å². The summed E-state index contributed by atoms with van der Waals surface area (Å²) in [5, 5.41) is -1.69. The molecule has 0 aliphatic carbocycles. The van der Waals surface area contributed by atoms with E-state index >= 15 is 0 Å². The topological polar surface area (TPSA) is 78.4 Å². The van der Waals surface area contributed by atoms with Crippen LogP contribution in [-0.2, 0) is 10.4 Å². The highest BCUT2D eigenvalue weighted by Crippen LogP contribution is 2.32. The first-order valence-corrected chi connectivity index (χ1v) is 10.1. The summed E-state index contributed by atoms with van der Waals surface area (Å²) >= 11 is 11.6. The molecule has 2 heterocycles. The Morgan fingerprint density at radius 1 is 0.645 bits per heavy atom. The minimum atomic E-state index is -4.88. The molecule has 6 nitrogen and oxygen atoms in total. The normalized spacial score (nSPS) is 11.8. The van der Waals surface area contributed by atoms with Crippen molar-refractivity contribution >= 4 is 55.1 Å². The standard InChI is InChI=1S/C18H6Cl2F4N2O4S/c19-17-7-1-15(25-5-9(7)11(21)3-13(17)23)29-31(27,28)30-16-2-8-10(6-26-16)12(22)4-14(24)18(8)20/h1-6H. The third-order valence-corrected chi connectivity index (χ3v) is 5.56. The number of halogens is 6. The molecule has 0 spiro atoms. The zero-order chi connectivity index (χ0) is 22.5. The van der Waals surface area contributed by atoms with Crippen LogP contribution < -0.4 is 8.37 Å². The third-order valence-electron chi connectivity index (χ3n) is 4.05. The Labute approximate surface area is 181 Å². The molecule has 13 heteroatoms. The van der Waals surface area contributed by atoms with E-state index in [2.05, 4.69) is 18.3 Å². The molecule has 0 saturated carbocycles. The van der Waals surface area contributed by atoms with Crippen LogP contribution in [0.5, 0.6) is 11.8 Å². The minimum Gasteiger partial charge on any atom is -0.332 e. The molecule has 0 saturated heterocycles. The van der Waals surface area contributed by atoms with Crippen LogP contribution in [0.25, 0.3) is 21.5 Å². The molecule has 0 aliphatic heterocycles. The fraction of sp³-hybridized carbons (Fsp3) is 0. The van der Waals surface area contributed by atoms with E-state index in [1.54, 1.807) is 0 Å². The second-order valence-electron chi connectivity index (χ2n) is 6.02. The number of aromatic nitrogens is 2. The molecule has 31 heavy (non-hydrogen) atoms. The smallest absolute Gasteiger partial charge is 0.332 e. The number of benzene rings is 2. The first kappa shape index (κ1) is 21.3. The highest BCUT2D eigenvalue weighted by atomic mass is 35.5. The molecule has 0 atom stereocenters. The summed E-state index contributed by atoms with van der Waals surface area (Å²) in [5.41, 5.74) is 0. The van der Waals surface area contributed by atoms with Gasteiger partial charge in [0.05, 0.1) is 10.0 Å². The van der Waals surface area contributed by atoms with Gasteiger partial charge in [-0.3, -0.25) is 0 Å². The van der Waals surface area contributed by atoms with Gasteiger partial charge in [-0.1, -0.05) is 23.2 Å². The lowest BCUT2D eigenvalue weighted by Gasteiger charge is -2.09. The molecule has 0 bridgehead atoms.